The van der Waals surface area contributed by atoms with Gasteiger partial charge in [0.2, 0.25) is 11.7 Å². The zero-order valence-corrected chi connectivity index (χ0v) is 15.9. The molecule has 0 N–H and O–H groups in total. The van der Waals surface area contributed by atoms with Crippen LogP contribution in [0.4, 0.5) is 8.78 Å². The van der Waals surface area contributed by atoms with Gasteiger partial charge in [0.1, 0.15) is 11.6 Å². The number of aryl methyl sites for hydroxylation is 1. The minimum Gasteiger partial charge on any atom is -0.338 e. The maximum Gasteiger partial charge on any atom is 0.257 e. The van der Waals surface area contributed by atoms with Crippen molar-refractivity contribution in [2.75, 3.05) is 26.2 Å². The van der Waals surface area contributed by atoms with Gasteiger partial charge >= 0.3 is 0 Å². The Morgan fingerprint density at radius 2 is 1.79 bits per heavy atom. The van der Waals surface area contributed by atoms with Crippen LogP contribution in [0.2, 0.25) is 0 Å². The average molecular weight is 398 g/mol. The summed E-state index contributed by atoms with van der Waals surface area (Å²) in [4.78, 5) is 20.5. The molecule has 29 heavy (non-hydrogen) atoms. The molecule has 1 aromatic heterocycles. The number of hydrogen-bond acceptors (Lipinski definition) is 5. The van der Waals surface area contributed by atoms with Crippen molar-refractivity contribution in [3.8, 4) is 11.4 Å². The highest BCUT2D eigenvalue weighted by atomic mass is 19.1. The first-order valence-corrected chi connectivity index (χ1v) is 9.36. The van der Waals surface area contributed by atoms with Gasteiger partial charge < -0.3 is 9.42 Å². The molecule has 0 saturated carbocycles. The van der Waals surface area contributed by atoms with Crippen LogP contribution in [0.1, 0.15) is 21.8 Å². The van der Waals surface area contributed by atoms with Gasteiger partial charge in [-0.3, -0.25) is 9.69 Å². The van der Waals surface area contributed by atoms with Crippen LogP contribution in [0.25, 0.3) is 11.4 Å². The molecular formula is C21H20F2N4O2. The van der Waals surface area contributed by atoms with E-state index in [4.69, 9.17) is 4.52 Å². The Hall–Kier alpha value is -3.13. The van der Waals surface area contributed by atoms with Crippen LogP contribution in [0.3, 0.4) is 0 Å². The fraction of sp³-hybridized carbons (Fsp3) is 0.286. The van der Waals surface area contributed by atoms with Crippen LogP contribution in [-0.4, -0.2) is 52.0 Å². The molecule has 0 radical (unpaired) electrons. The first-order valence-electron chi connectivity index (χ1n) is 9.36. The summed E-state index contributed by atoms with van der Waals surface area (Å²) in [6, 6.07) is 10.8. The minimum atomic E-state index is -0.715. The highest BCUT2D eigenvalue weighted by molar-refractivity contribution is 5.94. The molecule has 4 rings (SSSR count). The smallest absolute Gasteiger partial charge is 0.257 e. The van der Waals surface area contributed by atoms with E-state index in [0.717, 1.165) is 29.3 Å². The molecule has 0 bridgehead atoms. The van der Waals surface area contributed by atoms with Crippen molar-refractivity contribution < 1.29 is 18.1 Å². The second kappa shape index (κ2) is 8.08. The summed E-state index contributed by atoms with van der Waals surface area (Å²) in [5, 5.41) is 4.03. The van der Waals surface area contributed by atoms with E-state index in [2.05, 4.69) is 15.0 Å². The van der Waals surface area contributed by atoms with Gasteiger partial charge in [-0.1, -0.05) is 35.0 Å². The van der Waals surface area contributed by atoms with Gasteiger partial charge in [0.15, 0.2) is 0 Å². The summed E-state index contributed by atoms with van der Waals surface area (Å²) < 4.78 is 32.6. The quantitative estimate of drug-likeness (QED) is 0.675. The predicted octanol–water partition coefficient (Wildman–Crippen LogP) is 3.28. The van der Waals surface area contributed by atoms with Crippen molar-refractivity contribution in [1.29, 1.82) is 0 Å². The molecule has 0 unspecified atom stereocenters. The lowest BCUT2D eigenvalue weighted by Gasteiger charge is -2.34. The molecule has 2 heterocycles. The fourth-order valence-corrected chi connectivity index (χ4v) is 3.27. The number of carbonyl (C=O) groups is 1. The van der Waals surface area contributed by atoms with Crippen LogP contribution in [0.15, 0.2) is 47.0 Å². The van der Waals surface area contributed by atoms with Crippen molar-refractivity contribution in [3.05, 3.63) is 71.1 Å². The second-order valence-corrected chi connectivity index (χ2v) is 7.07. The van der Waals surface area contributed by atoms with E-state index in [1.54, 1.807) is 0 Å². The molecule has 6 nitrogen and oxygen atoms in total. The molecule has 1 saturated heterocycles. The molecule has 0 spiro atoms. The van der Waals surface area contributed by atoms with Crippen LogP contribution in [0, 0.1) is 18.6 Å². The number of piperazine rings is 1. The summed E-state index contributed by atoms with van der Waals surface area (Å²) in [6.45, 7) is 4.45. The lowest BCUT2D eigenvalue weighted by Crippen LogP contribution is -2.48. The van der Waals surface area contributed by atoms with Gasteiger partial charge in [0.25, 0.3) is 5.91 Å². The lowest BCUT2D eigenvalue weighted by molar-refractivity contribution is 0.0610. The number of halogens is 2. The Morgan fingerprint density at radius 3 is 2.52 bits per heavy atom. The largest absolute Gasteiger partial charge is 0.338 e. The van der Waals surface area contributed by atoms with Gasteiger partial charge in [-0.05, 0) is 25.1 Å². The summed E-state index contributed by atoms with van der Waals surface area (Å²) >= 11 is 0. The van der Waals surface area contributed by atoms with E-state index in [9.17, 15) is 13.6 Å². The molecular weight excluding hydrogens is 378 g/mol. The number of nitrogens with zero attached hydrogens (tertiary/aromatic N) is 4. The summed E-state index contributed by atoms with van der Waals surface area (Å²) in [5.41, 5.74) is 1.80. The fourth-order valence-electron chi connectivity index (χ4n) is 3.27. The normalized spacial score (nSPS) is 14.9. The van der Waals surface area contributed by atoms with E-state index in [1.807, 2.05) is 31.2 Å². The number of amides is 1. The van der Waals surface area contributed by atoms with Gasteiger partial charge in [-0.15, -0.1) is 0 Å². The van der Waals surface area contributed by atoms with E-state index in [-0.39, 0.29) is 5.56 Å². The Bertz CT molecular complexity index is 1010. The molecule has 1 amide bonds. The van der Waals surface area contributed by atoms with Crippen LogP contribution in [0.5, 0.6) is 0 Å². The third-order valence-electron chi connectivity index (χ3n) is 4.96. The molecule has 0 atom stereocenters. The summed E-state index contributed by atoms with van der Waals surface area (Å²) in [5.74, 6) is -0.810. The zero-order chi connectivity index (χ0) is 20.4. The standard InChI is InChI=1S/C21H20F2N4O2/c1-14-2-4-15(5-3-14)20-24-19(29-25-20)13-26-8-10-27(11-9-26)21(28)17-12-16(22)6-7-18(17)23/h2-7,12H,8-11,13H2,1H3. The molecule has 1 aliphatic heterocycles. The average Bonchev–Trinajstić information content (AvgIpc) is 3.19. The Labute approximate surface area is 166 Å². The van der Waals surface area contributed by atoms with Crippen molar-refractivity contribution in [3.63, 3.8) is 0 Å². The molecule has 1 fully saturated rings. The highest BCUT2D eigenvalue weighted by Crippen LogP contribution is 2.18. The SMILES string of the molecule is Cc1ccc(-c2noc(CN3CCN(C(=O)c4cc(F)ccc4F)CC3)n2)cc1. The van der Waals surface area contributed by atoms with Crippen molar-refractivity contribution in [2.24, 2.45) is 0 Å². The molecule has 3 aromatic rings. The van der Waals surface area contributed by atoms with E-state index in [0.29, 0.717) is 44.4 Å². The van der Waals surface area contributed by atoms with E-state index < -0.39 is 17.5 Å². The summed E-state index contributed by atoms with van der Waals surface area (Å²) in [6.07, 6.45) is 0. The minimum absolute atomic E-state index is 0.238. The third-order valence-corrected chi connectivity index (χ3v) is 4.96. The van der Waals surface area contributed by atoms with Crippen molar-refractivity contribution in [1.82, 2.24) is 19.9 Å². The van der Waals surface area contributed by atoms with Crippen molar-refractivity contribution >= 4 is 5.91 Å². The maximum atomic E-state index is 13.9. The van der Waals surface area contributed by atoms with Crippen LogP contribution < -0.4 is 0 Å². The monoisotopic (exact) mass is 398 g/mol. The molecule has 0 aliphatic carbocycles. The lowest BCUT2D eigenvalue weighted by atomic mass is 10.1. The molecule has 2 aromatic carbocycles. The molecule has 150 valence electrons. The number of aromatic nitrogens is 2. The molecule has 8 heteroatoms. The number of rotatable bonds is 4. The van der Waals surface area contributed by atoms with Gasteiger partial charge in [0, 0.05) is 31.7 Å². The van der Waals surface area contributed by atoms with Gasteiger partial charge in [0.05, 0.1) is 12.1 Å². The van der Waals surface area contributed by atoms with E-state index in [1.165, 1.54) is 4.90 Å². The Morgan fingerprint density at radius 1 is 1.07 bits per heavy atom. The van der Waals surface area contributed by atoms with Crippen LogP contribution in [-0.2, 0) is 6.54 Å². The number of carbonyl (C=O) groups excluding carboxylic acids is 1. The first kappa shape index (κ1) is 19.2. The Balaban J connectivity index is 1.35. The zero-order valence-electron chi connectivity index (χ0n) is 15.9. The predicted molar refractivity (Wildman–Crippen MR) is 102 cm³/mol. The Kier molecular flexibility index (Phi) is 5.35. The number of benzene rings is 2. The summed E-state index contributed by atoms with van der Waals surface area (Å²) in [7, 11) is 0. The third kappa shape index (κ3) is 4.32. The van der Waals surface area contributed by atoms with E-state index >= 15 is 0 Å². The van der Waals surface area contributed by atoms with Crippen molar-refractivity contribution in [2.45, 2.75) is 13.5 Å². The molecule has 1 aliphatic rings. The van der Waals surface area contributed by atoms with Gasteiger partial charge in [-0.25, -0.2) is 8.78 Å². The first-order chi connectivity index (χ1) is 14.0. The highest BCUT2D eigenvalue weighted by Gasteiger charge is 2.25. The second-order valence-electron chi connectivity index (χ2n) is 7.07. The number of hydrogen-bond donors (Lipinski definition) is 0. The van der Waals surface area contributed by atoms with Gasteiger partial charge in [-0.2, -0.15) is 4.98 Å². The topological polar surface area (TPSA) is 62.5 Å². The maximum absolute atomic E-state index is 13.9. The van der Waals surface area contributed by atoms with Crippen LogP contribution >= 0.6 is 0 Å².